The molecule has 3 N–H and O–H groups in total. The molecule has 0 aliphatic heterocycles. The third kappa shape index (κ3) is 2.36. The van der Waals surface area contributed by atoms with Crippen LogP contribution in [0.5, 0.6) is 0 Å². The van der Waals surface area contributed by atoms with E-state index >= 15 is 0 Å². The smallest absolute Gasteiger partial charge is 0.338 e. The number of nitrogens with zero attached hydrogens (tertiary/aromatic N) is 2. The lowest BCUT2D eigenvalue weighted by Gasteiger charge is -1.94. The first kappa shape index (κ1) is 12.6. The Morgan fingerprint density at radius 3 is 2.18 bits per heavy atom. The molecule has 0 amide bonds. The van der Waals surface area contributed by atoms with Crippen LogP contribution in [0.25, 0.3) is 0 Å². The molecule has 0 saturated carbocycles. The number of carbonyl (C=O) groups is 1. The molecule has 1 aromatic carbocycles. The van der Waals surface area contributed by atoms with Crippen LogP contribution >= 0.6 is 0 Å². The molecule has 0 bridgehead atoms. The summed E-state index contributed by atoms with van der Waals surface area (Å²) in [6, 6.07) is 0.816. The molecule has 0 atom stereocenters. The maximum Gasteiger partial charge on any atom is 0.338 e. The van der Waals surface area contributed by atoms with Crippen molar-refractivity contribution in [2.75, 3.05) is 14.1 Å². The average Bonchev–Trinajstić information content (AvgIpc) is 2.27. The number of carboxylic acid groups (broad SMARTS) is 1. The summed E-state index contributed by atoms with van der Waals surface area (Å²) in [7, 11) is 2.82. The quantitative estimate of drug-likeness (QED) is 0.484. The van der Waals surface area contributed by atoms with Gasteiger partial charge in [0.1, 0.15) is 5.36 Å². The topological polar surface area (TPSA) is 120 Å². The van der Waals surface area contributed by atoms with E-state index < -0.39 is 27.7 Å². The normalized spacial score (nSPS) is 12.6. The molecule has 0 aliphatic rings. The molecule has 1 rings (SSSR count). The van der Waals surface area contributed by atoms with Crippen molar-refractivity contribution in [3.05, 3.63) is 42.8 Å². The Labute approximate surface area is 94.6 Å². The van der Waals surface area contributed by atoms with Crippen LogP contribution in [0.15, 0.2) is 25.9 Å². The van der Waals surface area contributed by atoms with E-state index in [0.29, 0.717) is 0 Å². The van der Waals surface area contributed by atoms with E-state index in [-0.39, 0.29) is 5.36 Å². The third-order valence-electron chi connectivity index (χ3n) is 1.87. The van der Waals surface area contributed by atoms with Crippen molar-refractivity contribution in [2.45, 2.75) is 0 Å². The van der Waals surface area contributed by atoms with Crippen molar-refractivity contribution in [1.82, 2.24) is 10.9 Å². The Morgan fingerprint density at radius 2 is 1.71 bits per heavy atom. The Balaban J connectivity index is 3.92. The first-order valence-electron chi connectivity index (χ1n) is 4.56. The van der Waals surface area contributed by atoms with E-state index in [1.165, 1.54) is 14.1 Å². The Hall–Kier alpha value is -2.51. The lowest BCUT2D eigenvalue weighted by molar-refractivity contribution is 0.0694. The summed E-state index contributed by atoms with van der Waals surface area (Å²) < 4.78 is 0. The van der Waals surface area contributed by atoms with E-state index in [0.717, 1.165) is 6.07 Å². The maximum atomic E-state index is 11.8. The summed E-state index contributed by atoms with van der Waals surface area (Å²) in [6.45, 7) is 0. The molecule has 0 heterocycles. The largest absolute Gasteiger partial charge is 0.478 e. The van der Waals surface area contributed by atoms with E-state index in [9.17, 15) is 14.4 Å². The van der Waals surface area contributed by atoms with Gasteiger partial charge in [-0.2, -0.15) is 10.2 Å². The number of hydrogen-bond acceptors (Lipinski definition) is 7. The maximum absolute atomic E-state index is 11.8. The van der Waals surface area contributed by atoms with Gasteiger partial charge < -0.3 is 16.0 Å². The van der Waals surface area contributed by atoms with Crippen LogP contribution in [0, 0.1) is 0 Å². The number of hydrogen-bond donors (Lipinski definition) is 3. The molecule has 1 aromatic rings. The monoisotopic (exact) mass is 238 g/mol. The minimum atomic E-state index is -1.40. The Bertz CT molecular complexity index is 655. The molecule has 0 unspecified atom stereocenters. The summed E-state index contributed by atoms with van der Waals surface area (Å²) in [6.07, 6.45) is 0. The fourth-order valence-corrected chi connectivity index (χ4v) is 1.22. The summed E-state index contributed by atoms with van der Waals surface area (Å²) in [5.41, 5.74) is 2.55. The van der Waals surface area contributed by atoms with Crippen LogP contribution in [0.4, 0.5) is 0 Å². The Morgan fingerprint density at radius 1 is 1.18 bits per heavy atom. The number of nitrogens with one attached hydrogen (secondary N) is 2. The standard InChI is InChI=1S/C9H10N4O4/c1-10-12-6-4(9(16)17)3-5(14)7(8(6)15)13-11-2/h3,10-11H,1-2H3,(H,16,17). The van der Waals surface area contributed by atoms with Gasteiger partial charge in [-0.05, 0) is 0 Å². The van der Waals surface area contributed by atoms with Crippen molar-refractivity contribution in [3.63, 3.8) is 0 Å². The van der Waals surface area contributed by atoms with Crippen LogP contribution in [0.2, 0.25) is 0 Å². The lowest BCUT2D eigenvalue weighted by atomic mass is 10.2. The van der Waals surface area contributed by atoms with E-state index in [4.69, 9.17) is 5.11 Å². The van der Waals surface area contributed by atoms with Crippen molar-refractivity contribution in [1.29, 1.82) is 0 Å². The first-order valence-corrected chi connectivity index (χ1v) is 4.56. The summed E-state index contributed by atoms with van der Waals surface area (Å²) in [5, 5.41) is 15.1. The molecule has 8 nitrogen and oxygen atoms in total. The van der Waals surface area contributed by atoms with Gasteiger partial charge in [0.2, 0.25) is 10.9 Å². The van der Waals surface area contributed by atoms with Gasteiger partial charge in [-0.3, -0.25) is 9.59 Å². The third-order valence-corrected chi connectivity index (χ3v) is 1.87. The predicted octanol–water partition coefficient (Wildman–Crippen LogP) is -2.95. The second kappa shape index (κ2) is 5.01. The second-order valence-electron chi connectivity index (χ2n) is 2.92. The second-order valence-corrected chi connectivity index (χ2v) is 2.92. The number of rotatable bonds is 3. The van der Waals surface area contributed by atoms with Crippen molar-refractivity contribution >= 4 is 5.97 Å². The summed E-state index contributed by atoms with van der Waals surface area (Å²) in [4.78, 5) is 34.1. The summed E-state index contributed by atoms with van der Waals surface area (Å²) in [5.74, 6) is -1.40. The molecule has 17 heavy (non-hydrogen) atoms. The van der Waals surface area contributed by atoms with E-state index in [1.54, 1.807) is 0 Å². The first-order chi connectivity index (χ1) is 8.02. The highest BCUT2D eigenvalue weighted by Crippen LogP contribution is 1.81. The van der Waals surface area contributed by atoms with E-state index in [2.05, 4.69) is 21.1 Å². The lowest BCUT2D eigenvalue weighted by Crippen LogP contribution is -2.51. The minimum Gasteiger partial charge on any atom is -0.478 e. The molecular weight excluding hydrogens is 228 g/mol. The summed E-state index contributed by atoms with van der Waals surface area (Å²) >= 11 is 0. The molecule has 0 saturated heterocycles. The van der Waals surface area contributed by atoms with Gasteiger partial charge in [-0.1, -0.05) is 0 Å². The fraction of sp³-hybridized carbons (Fsp3) is 0.222. The van der Waals surface area contributed by atoms with Gasteiger partial charge in [0.15, 0.2) is 5.36 Å². The van der Waals surface area contributed by atoms with Crippen LogP contribution in [0.3, 0.4) is 0 Å². The highest BCUT2D eigenvalue weighted by Gasteiger charge is 2.13. The number of benzene rings is 1. The van der Waals surface area contributed by atoms with Crippen LogP contribution in [-0.2, 0) is 0 Å². The molecule has 0 fully saturated rings. The van der Waals surface area contributed by atoms with Crippen molar-refractivity contribution < 1.29 is 9.90 Å². The van der Waals surface area contributed by atoms with Crippen molar-refractivity contribution in [2.24, 2.45) is 10.2 Å². The minimum absolute atomic E-state index is 0.353. The Kier molecular flexibility index (Phi) is 3.70. The molecule has 0 radical (unpaired) electrons. The van der Waals surface area contributed by atoms with Crippen LogP contribution < -0.4 is 32.4 Å². The van der Waals surface area contributed by atoms with Gasteiger partial charge in [0, 0.05) is 20.2 Å². The number of carboxylic acids is 1. The molecule has 0 aromatic heterocycles. The van der Waals surface area contributed by atoms with Gasteiger partial charge in [-0.15, -0.1) is 0 Å². The van der Waals surface area contributed by atoms with Gasteiger partial charge in [0.05, 0.1) is 5.56 Å². The zero-order valence-electron chi connectivity index (χ0n) is 9.14. The molecule has 0 aliphatic carbocycles. The molecule has 90 valence electrons. The SMILES string of the molecule is CNN=c1c(C(=O)O)cc(=O)c(=NNC)c1=O. The van der Waals surface area contributed by atoms with Gasteiger partial charge in [0.25, 0.3) is 0 Å². The zero-order valence-corrected chi connectivity index (χ0v) is 9.14. The van der Waals surface area contributed by atoms with Crippen LogP contribution in [-0.4, -0.2) is 25.2 Å². The van der Waals surface area contributed by atoms with Gasteiger partial charge >= 0.3 is 5.97 Å². The van der Waals surface area contributed by atoms with Gasteiger partial charge in [-0.25, -0.2) is 4.79 Å². The van der Waals surface area contributed by atoms with Crippen molar-refractivity contribution in [3.8, 4) is 0 Å². The van der Waals surface area contributed by atoms with Crippen LogP contribution in [0.1, 0.15) is 10.4 Å². The molecule has 0 spiro atoms. The fourth-order valence-electron chi connectivity index (χ4n) is 1.22. The average molecular weight is 238 g/mol. The highest BCUT2D eigenvalue weighted by atomic mass is 16.4. The highest BCUT2D eigenvalue weighted by molar-refractivity contribution is 5.87. The zero-order chi connectivity index (χ0) is 13.0. The molecule has 8 heteroatoms. The predicted molar refractivity (Wildman–Crippen MR) is 57.6 cm³/mol. The number of aromatic carboxylic acids is 1. The molecular formula is C9H10N4O4. The van der Waals surface area contributed by atoms with E-state index in [1.807, 2.05) is 0 Å².